The van der Waals surface area contributed by atoms with Gasteiger partial charge in [-0.1, -0.05) is 6.92 Å². The van der Waals surface area contributed by atoms with Crippen LogP contribution in [0.5, 0.6) is 0 Å². The SMILES string of the molecule is Cc1ncc(C(F)(F)F)nc1NC(=O)[C@@H]1C[C@@]2(C)C[C@H]2N1. The molecule has 1 amide bonds. The van der Waals surface area contributed by atoms with Crippen molar-refractivity contribution in [1.29, 1.82) is 0 Å². The van der Waals surface area contributed by atoms with E-state index in [0.717, 1.165) is 6.42 Å². The fourth-order valence-corrected chi connectivity index (χ4v) is 2.74. The molecule has 114 valence electrons. The fourth-order valence-electron chi connectivity index (χ4n) is 2.74. The lowest BCUT2D eigenvalue weighted by Gasteiger charge is -2.15. The van der Waals surface area contributed by atoms with Crippen molar-refractivity contribution in [3.8, 4) is 0 Å². The Morgan fingerprint density at radius 1 is 1.48 bits per heavy atom. The standard InChI is InChI=1S/C13H15F3N4O/c1-6-10(19-9(5-17-6)13(14,15)16)20-11(21)7-3-12(2)4-8(12)18-7/h5,7-8,18H,3-4H2,1-2H3,(H,19,20,21)/t7-,8+,12-/m0/s1. The number of nitrogens with zero attached hydrogens (tertiary/aromatic N) is 2. The van der Waals surface area contributed by atoms with Crippen LogP contribution in [0.25, 0.3) is 0 Å². The van der Waals surface area contributed by atoms with Crippen LogP contribution in [0.3, 0.4) is 0 Å². The Kier molecular flexibility index (Phi) is 2.98. The zero-order chi connectivity index (χ0) is 15.4. The maximum atomic E-state index is 12.6. The van der Waals surface area contributed by atoms with Gasteiger partial charge in [0.25, 0.3) is 0 Å². The maximum absolute atomic E-state index is 12.6. The molecule has 2 aliphatic rings. The summed E-state index contributed by atoms with van der Waals surface area (Å²) in [6.45, 7) is 3.59. The van der Waals surface area contributed by atoms with Crippen LogP contribution in [0.2, 0.25) is 0 Å². The third-order valence-corrected chi connectivity index (χ3v) is 4.23. The molecular weight excluding hydrogens is 285 g/mol. The number of fused-ring (bicyclic) bond motifs is 1. The first kappa shape index (κ1) is 14.2. The molecule has 1 aromatic rings. The largest absolute Gasteiger partial charge is 0.434 e. The second-order valence-electron chi connectivity index (χ2n) is 6.01. The Labute approximate surface area is 119 Å². The molecule has 1 aromatic heterocycles. The van der Waals surface area contributed by atoms with Crippen LogP contribution in [0.15, 0.2) is 6.20 Å². The number of carbonyl (C=O) groups excluding carboxylic acids is 1. The van der Waals surface area contributed by atoms with E-state index in [1.54, 1.807) is 0 Å². The van der Waals surface area contributed by atoms with E-state index in [1.165, 1.54) is 6.92 Å². The van der Waals surface area contributed by atoms with Gasteiger partial charge in [0.15, 0.2) is 11.5 Å². The fraction of sp³-hybridized carbons (Fsp3) is 0.615. The second-order valence-corrected chi connectivity index (χ2v) is 6.01. The summed E-state index contributed by atoms with van der Waals surface area (Å²) in [6, 6.07) is -0.0496. The predicted molar refractivity (Wildman–Crippen MR) is 68.5 cm³/mol. The van der Waals surface area contributed by atoms with Gasteiger partial charge in [-0.15, -0.1) is 0 Å². The van der Waals surface area contributed by atoms with Crippen LogP contribution in [0.1, 0.15) is 31.2 Å². The number of aryl methyl sites for hydroxylation is 1. The maximum Gasteiger partial charge on any atom is 0.434 e. The molecule has 2 fully saturated rings. The van der Waals surface area contributed by atoms with Gasteiger partial charge in [0.05, 0.1) is 17.9 Å². The average molecular weight is 300 g/mol. The monoisotopic (exact) mass is 300 g/mol. The number of nitrogens with one attached hydrogen (secondary N) is 2. The first-order chi connectivity index (χ1) is 9.69. The van der Waals surface area contributed by atoms with E-state index in [1.807, 2.05) is 0 Å². The molecule has 0 radical (unpaired) electrons. The molecule has 21 heavy (non-hydrogen) atoms. The van der Waals surface area contributed by atoms with Crippen molar-refractivity contribution < 1.29 is 18.0 Å². The highest BCUT2D eigenvalue weighted by Crippen LogP contribution is 2.53. The van der Waals surface area contributed by atoms with Crippen molar-refractivity contribution in [1.82, 2.24) is 15.3 Å². The van der Waals surface area contributed by atoms with Gasteiger partial charge in [-0.05, 0) is 25.2 Å². The summed E-state index contributed by atoms with van der Waals surface area (Å²) in [5.74, 6) is -0.498. The van der Waals surface area contributed by atoms with Crippen LogP contribution in [-0.2, 0) is 11.0 Å². The number of anilines is 1. The van der Waals surface area contributed by atoms with E-state index >= 15 is 0 Å². The predicted octanol–water partition coefficient (Wildman–Crippen LogP) is 1.88. The van der Waals surface area contributed by atoms with Crippen molar-refractivity contribution >= 4 is 11.7 Å². The van der Waals surface area contributed by atoms with Crippen molar-refractivity contribution in [3.63, 3.8) is 0 Å². The molecule has 8 heteroatoms. The molecule has 1 saturated carbocycles. The molecule has 1 saturated heterocycles. The Morgan fingerprint density at radius 3 is 2.76 bits per heavy atom. The van der Waals surface area contributed by atoms with Crippen LogP contribution in [-0.4, -0.2) is 28.0 Å². The quantitative estimate of drug-likeness (QED) is 0.875. The molecule has 1 aliphatic carbocycles. The van der Waals surface area contributed by atoms with Gasteiger partial charge < -0.3 is 10.6 Å². The minimum atomic E-state index is -4.58. The smallest absolute Gasteiger partial charge is 0.308 e. The molecule has 0 aromatic carbocycles. The average Bonchev–Trinajstić information content (AvgIpc) is 2.88. The van der Waals surface area contributed by atoms with Crippen molar-refractivity contribution in [2.24, 2.45) is 5.41 Å². The Balaban J connectivity index is 1.74. The van der Waals surface area contributed by atoms with Gasteiger partial charge >= 0.3 is 6.18 Å². The molecule has 0 spiro atoms. The summed E-state index contributed by atoms with van der Waals surface area (Å²) < 4.78 is 37.9. The summed E-state index contributed by atoms with van der Waals surface area (Å²) in [5.41, 5.74) is -0.709. The second kappa shape index (κ2) is 4.40. The van der Waals surface area contributed by atoms with Crippen molar-refractivity contribution in [3.05, 3.63) is 17.6 Å². The summed E-state index contributed by atoms with van der Waals surface area (Å²) in [5, 5.41) is 5.62. The summed E-state index contributed by atoms with van der Waals surface area (Å²) in [6.07, 6.45) is -2.19. The van der Waals surface area contributed by atoms with Gasteiger partial charge in [-0.3, -0.25) is 9.78 Å². The van der Waals surface area contributed by atoms with Crippen molar-refractivity contribution in [2.45, 2.75) is 44.9 Å². The third-order valence-electron chi connectivity index (χ3n) is 4.23. The highest BCUT2D eigenvalue weighted by Gasteiger charge is 2.58. The number of piperidine rings is 1. The normalized spacial score (nSPS) is 30.9. The van der Waals surface area contributed by atoms with E-state index in [4.69, 9.17) is 0 Å². The molecule has 3 atom stereocenters. The van der Waals surface area contributed by atoms with E-state index in [-0.39, 0.29) is 28.9 Å². The summed E-state index contributed by atoms with van der Waals surface area (Å²) >= 11 is 0. The number of hydrogen-bond donors (Lipinski definition) is 2. The van der Waals surface area contributed by atoms with E-state index in [2.05, 4.69) is 27.5 Å². The van der Waals surface area contributed by atoms with Gasteiger partial charge in [-0.2, -0.15) is 13.2 Å². The van der Waals surface area contributed by atoms with E-state index in [0.29, 0.717) is 18.7 Å². The number of alkyl halides is 3. The first-order valence-corrected chi connectivity index (χ1v) is 6.67. The van der Waals surface area contributed by atoms with Crippen LogP contribution < -0.4 is 10.6 Å². The number of aromatic nitrogens is 2. The van der Waals surface area contributed by atoms with Crippen LogP contribution >= 0.6 is 0 Å². The first-order valence-electron chi connectivity index (χ1n) is 6.67. The summed E-state index contributed by atoms with van der Waals surface area (Å²) in [4.78, 5) is 19.2. The molecular formula is C13H15F3N4O. The van der Waals surface area contributed by atoms with Crippen LogP contribution in [0, 0.1) is 12.3 Å². The Hall–Kier alpha value is -1.70. The number of hydrogen-bond acceptors (Lipinski definition) is 4. The zero-order valence-electron chi connectivity index (χ0n) is 11.6. The molecule has 5 nitrogen and oxygen atoms in total. The molecule has 2 N–H and O–H groups in total. The third kappa shape index (κ3) is 2.59. The molecule has 0 unspecified atom stereocenters. The highest BCUT2D eigenvalue weighted by molar-refractivity contribution is 5.95. The van der Waals surface area contributed by atoms with E-state index < -0.39 is 11.9 Å². The molecule has 3 rings (SSSR count). The van der Waals surface area contributed by atoms with Gasteiger partial charge in [0.2, 0.25) is 5.91 Å². The number of carbonyl (C=O) groups is 1. The molecule has 1 aliphatic heterocycles. The minimum absolute atomic E-state index is 0.137. The van der Waals surface area contributed by atoms with Crippen molar-refractivity contribution in [2.75, 3.05) is 5.32 Å². The molecule has 2 heterocycles. The van der Waals surface area contributed by atoms with Gasteiger partial charge in [0, 0.05) is 6.04 Å². The molecule has 0 bridgehead atoms. The lowest BCUT2D eigenvalue weighted by molar-refractivity contribution is -0.141. The Bertz CT molecular complexity index is 604. The van der Waals surface area contributed by atoms with Crippen LogP contribution in [0.4, 0.5) is 19.0 Å². The van der Waals surface area contributed by atoms with E-state index in [9.17, 15) is 18.0 Å². The Morgan fingerprint density at radius 2 is 2.19 bits per heavy atom. The lowest BCUT2D eigenvalue weighted by Crippen LogP contribution is -2.38. The number of rotatable bonds is 2. The minimum Gasteiger partial charge on any atom is -0.308 e. The number of halogens is 3. The zero-order valence-corrected chi connectivity index (χ0v) is 11.6. The van der Waals surface area contributed by atoms with Gasteiger partial charge in [0.1, 0.15) is 0 Å². The lowest BCUT2D eigenvalue weighted by atomic mass is 10.0. The highest BCUT2D eigenvalue weighted by atomic mass is 19.4. The number of amides is 1. The van der Waals surface area contributed by atoms with Gasteiger partial charge in [-0.25, -0.2) is 4.98 Å². The summed E-state index contributed by atoms with van der Waals surface area (Å²) in [7, 11) is 0. The topological polar surface area (TPSA) is 66.9 Å².